The molecule has 0 bridgehead atoms. The molecule has 0 radical (unpaired) electrons. The molecule has 1 N–H and O–H groups in total. The van der Waals surface area contributed by atoms with Gasteiger partial charge < -0.3 is 9.88 Å². The van der Waals surface area contributed by atoms with Crippen LogP contribution in [0.5, 0.6) is 0 Å². The first-order valence-corrected chi connectivity index (χ1v) is 20.8. The van der Waals surface area contributed by atoms with Gasteiger partial charge in [0.2, 0.25) is 0 Å². The monoisotopic (exact) mass is 764 g/mol. The van der Waals surface area contributed by atoms with Crippen LogP contribution in [0, 0.1) is 0 Å². The Balaban J connectivity index is 0.962. The minimum Gasteiger partial charge on any atom is -0.344 e. The van der Waals surface area contributed by atoms with Crippen LogP contribution in [-0.2, 0) is 0 Å². The van der Waals surface area contributed by atoms with E-state index in [0.29, 0.717) is 0 Å². The molecule has 57 heavy (non-hydrogen) atoms. The molecule has 0 fully saturated rings. The fourth-order valence-corrected chi connectivity index (χ4v) is 11.0. The van der Waals surface area contributed by atoms with Crippen LogP contribution in [-0.4, -0.2) is 16.2 Å². The van der Waals surface area contributed by atoms with Crippen LogP contribution < -0.4 is 5.32 Å². The highest BCUT2D eigenvalue weighted by Crippen LogP contribution is 2.44. The van der Waals surface area contributed by atoms with Gasteiger partial charge in [-0.3, -0.25) is 0 Å². The van der Waals surface area contributed by atoms with Gasteiger partial charge in [-0.2, -0.15) is 0 Å². The Hall–Kier alpha value is -6.86. The van der Waals surface area contributed by atoms with Gasteiger partial charge in [0.25, 0.3) is 0 Å². The summed E-state index contributed by atoms with van der Waals surface area (Å²) in [6.45, 7) is 0. The number of fused-ring (bicyclic) bond motifs is 9. The van der Waals surface area contributed by atoms with Crippen LogP contribution in [0.3, 0.4) is 0 Å². The smallest absolute Gasteiger partial charge is 0.159 e. The zero-order valence-electron chi connectivity index (χ0n) is 30.6. The van der Waals surface area contributed by atoms with Crippen LogP contribution in [0.4, 0.5) is 0 Å². The van der Waals surface area contributed by atoms with Gasteiger partial charge in [-0.1, -0.05) is 140 Å². The first-order chi connectivity index (χ1) is 28.2. The Morgan fingerprint density at radius 1 is 0.439 bits per heavy atom. The minimum atomic E-state index is -0.286. The standard InChI is InChI=1S/C51H32N4S2/c1-3-13-31(14-4-1)49-52-50(32-15-5-2-6-16-32)54-51(53-49)39-21-11-19-37-40-29-33(25-27-45(40)56-47(37)39)34-26-28-46-41(30-34)38-20-12-24-44(48(38)57-46)55-42-22-9-7-17-35(42)36-18-8-10-23-43(36)55/h1-30,51H,(H,52,53,54). The first kappa shape index (κ1) is 32.4. The van der Waals surface area contributed by atoms with E-state index in [9.17, 15) is 0 Å². The van der Waals surface area contributed by atoms with Crippen molar-refractivity contribution in [3.05, 3.63) is 199 Å². The number of para-hydroxylation sites is 2. The fraction of sp³-hybridized carbons (Fsp3) is 0.0196. The summed E-state index contributed by atoms with van der Waals surface area (Å²) >= 11 is 3.72. The molecule has 1 aliphatic heterocycles. The summed E-state index contributed by atoms with van der Waals surface area (Å²) in [6.07, 6.45) is -0.286. The molecule has 1 atom stereocenters. The van der Waals surface area contributed by atoms with Crippen LogP contribution in [0.1, 0.15) is 22.9 Å². The number of thiophene rings is 2. The number of hydrogen-bond acceptors (Lipinski definition) is 5. The maximum atomic E-state index is 5.21. The molecule has 12 rings (SSSR count). The molecule has 0 aliphatic carbocycles. The number of nitrogens with zero attached hydrogens (tertiary/aromatic N) is 3. The van der Waals surface area contributed by atoms with Crippen molar-refractivity contribution in [1.29, 1.82) is 0 Å². The van der Waals surface area contributed by atoms with Gasteiger partial charge in [0.15, 0.2) is 5.84 Å². The average molecular weight is 765 g/mol. The highest BCUT2D eigenvalue weighted by Gasteiger charge is 2.24. The lowest BCUT2D eigenvalue weighted by molar-refractivity contribution is 0.680. The highest BCUT2D eigenvalue weighted by atomic mass is 32.1. The van der Waals surface area contributed by atoms with Crippen LogP contribution in [0.2, 0.25) is 0 Å². The molecule has 8 aromatic carbocycles. The average Bonchev–Trinajstić information content (AvgIpc) is 3.96. The van der Waals surface area contributed by atoms with E-state index in [4.69, 9.17) is 9.98 Å². The molecule has 268 valence electrons. The Morgan fingerprint density at radius 3 is 1.65 bits per heavy atom. The molecule has 4 heterocycles. The fourth-order valence-electron chi connectivity index (χ4n) is 8.61. The van der Waals surface area contributed by atoms with E-state index in [1.165, 1.54) is 79.0 Å². The van der Waals surface area contributed by atoms with Gasteiger partial charge in [-0.25, -0.2) is 9.98 Å². The molecule has 3 aromatic heterocycles. The highest BCUT2D eigenvalue weighted by molar-refractivity contribution is 7.26. The van der Waals surface area contributed by atoms with Gasteiger partial charge in [-0.15, -0.1) is 22.7 Å². The predicted octanol–water partition coefficient (Wildman–Crippen LogP) is 13.7. The quantitative estimate of drug-likeness (QED) is 0.186. The van der Waals surface area contributed by atoms with E-state index in [1.807, 2.05) is 46.9 Å². The van der Waals surface area contributed by atoms with Crippen LogP contribution in [0.15, 0.2) is 192 Å². The van der Waals surface area contributed by atoms with Crippen molar-refractivity contribution in [2.45, 2.75) is 6.17 Å². The summed E-state index contributed by atoms with van der Waals surface area (Å²) in [7, 11) is 0. The van der Waals surface area contributed by atoms with E-state index in [-0.39, 0.29) is 6.17 Å². The lowest BCUT2D eigenvalue weighted by Gasteiger charge is -2.24. The number of aromatic nitrogens is 1. The summed E-state index contributed by atoms with van der Waals surface area (Å²) in [5.41, 5.74) is 9.32. The van der Waals surface area contributed by atoms with Crippen molar-refractivity contribution in [1.82, 2.24) is 9.88 Å². The summed E-state index contributed by atoms with van der Waals surface area (Å²) in [5.74, 6) is 1.56. The molecule has 1 unspecified atom stereocenters. The van der Waals surface area contributed by atoms with E-state index in [1.54, 1.807) is 0 Å². The normalized spacial score (nSPS) is 14.5. The summed E-state index contributed by atoms with van der Waals surface area (Å²) in [4.78, 5) is 10.2. The molecule has 0 saturated heterocycles. The molecule has 4 nitrogen and oxygen atoms in total. The third-order valence-corrected chi connectivity index (χ3v) is 13.7. The number of nitrogens with one attached hydrogen (secondary N) is 1. The predicted molar refractivity (Wildman–Crippen MR) is 244 cm³/mol. The Labute approximate surface area is 336 Å². The second kappa shape index (κ2) is 12.8. The van der Waals surface area contributed by atoms with Crippen molar-refractivity contribution in [3.63, 3.8) is 0 Å². The van der Waals surface area contributed by atoms with Gasteiger partial charge in [-0.05, 0) is 53.6 Å². The minimum absolute atomic E-state index is 0.286. The molecule has 6 heteroatoms. The third-order valence-electron chi connectivity index (χ3n) is 11.3. The lowest BCUT2D eigenvalue weighted by atomic mass is 10.00. The summed E-state index contributed by atoms with van der Waals surface area (Å²) in [5, 5.41) is 11.3. The van der Waals surface area contributed by atoms with E-state index < -0.39 is 0 Å². The zero-order valence-corrected chi connectivity index (χ0v) is 32.2. The lowest BCUT2D eigenvalue weighted by Crippen LogP contribution is -2.33. The van der Waals surface area contributed by atoms with Gasteiger partial charge in [0, 0.05) is 63.1 Å². The van der Waals surface area contributed by atoms with Crippen LogP contribution in [0.25, 0.3) is 79.0 Å². The second-order valence-electron chi connectivity index (χ2n) is 14.6. The van der Waals surface area contributed by atoms with Crippen molar-refractivity contribution in [2.24, 2.45) is 9.98 Å². The van der Waals surface area contributed by atoms with Crippen molar-refractivity contribution in [3.8, 4) is 16.8 Å². The maximum Gasteiger partial charge on any atom is 0.159 e. The molecule has 0 saturated carbocycles. The van der Waals surface area contributed by atoms with Crippen molar-refractivity contribution >= 4 is 96.5 Å². The zero-order chi connectivity index (χ0) is 37.5. The molecular weight excluding hydrogens is 733 g/mol. The number of benzene rings is 8. The molecule has 11 aromatic rings. The first-order valence-electron chi connectivity index (χ1n) is 19.2. The number of amidine groups is 2. The maximum absolute atomic E-state index is 5.21. The Bertz CT molecular complexity index is 3390. The van der Waals surface area contributed by atoms with E-state index in [0.717, 1.165) is 28.4 Å². The van der Waals surface area contributed by atoms with E-state index in [2.05, 4.69) is 168 Å². The Morgan fingerprint density at radius 2 is 0.982 bits per heavy atom. The topological polar surface area (TPSA) is 41.7 Å². The second-order valence-corrected chi connectivity index (χ2v) is 16.7. The molecular formula is C51H32N4S2. The molecule has 0 amide bonds. The van der Waals surface area contributed by atoms with Crippen molar-refractivity contribution < 1.29 is 0 Å². The number of rotatable bonds is 5. The molecule has 0 spiro atoms. The largest absolute Gasteiger partial charge is 0.344 e. The Kier molecular flexibility index (Phi) is 7.30. The SMILES string of the molecule is c1ccc(C2=NC(c3cccc4c3sc3ccc(-c5ccc6sc7c(-n8c9ccccc9c9ccccc98)cccc7c6c5)cc34)NC(c3ccccc3)=N2)cc1. The number of hydrogen-bond donors (Lipinski definition) is 1. The van der Waals surface area contributed by atoms with Gasteiger partial charge >= 0.3 is 0 Å². The third kappa shape index (κ3) is 5.18. The van der Waals surface area contributed by atoms with Crippen LogP contribution >= 0.6 is 22.7 Å². The summed E-state index contributed by atoms with van der Waals surface area (Å²) in [6, 6.07) is 65.4. The molecule has 1 aliphatic rings. The van der Waals surface area contributed by atoms with Gasteiger partial charge in [0.1, 0.15) is 12.0 Å². The number of aliphatic imine (C=N–C) groups is 2. The van der Waals surface area contributed by atoms with Gasteiger partial charge in [0.05, 0.1) is 21.4 Å². The van der Waals surface area contributed by atoms with Crippen molar-refractivity contribution in [2.75, 3.05) is 0 Å². The summed E-state index contributed by atoms with van der Waals surface area (Å²) < 4.78 is 7.54. The van der Waals surface area contributed by atoms with E-state index >= 15 is 0 Å².